The molecule has 56 valence electrons. The van der Waals surface area contributed by atoms with Gasteiger partial charge in [0.25, 0.3) is 0 Å². The van der Waals surface area contributed by atoms with Gasteiger partial charge in [0.1, 0.15) is 5.15 Å². The van der Waals surface area contributed by atoms with Crippen LogP contribution in [0, 0.1) is 12.3 Å². The van der Waals surface area contributed by atoms with Gasteiger partial charge < -0.3 is 4.74 Å². The molecular weight excluding hydrogens is 164 g/mol. The fourth-order valence-electron chi connectivity index (χ4n) is 0.491. The number of terminal acetylenes is 1. The van der Waals surface area contributed by atoms with Crippen LogP contribution in [0.4, 0.5) is 0 Å². The average molecular weight is 169 g/mol. The van der Waals surface area contributed by atoms with Crippen molar-refractivity contribution in [2.24, 2.45) is 0 Å². The summed E-state index contributed by atoms with van der Waals surface area (Å²) in [5, 5.41) is 0.332. The van der Waals surface area contributed by atoms with Gasteiger partial charge >= 0.3 is 0 Å². The molecule has 0 amide bonds. The van der Waals surface area contributed by atoms with Gasteiger partial charge in [0, 0.05) is 0 Å². The Morgan fingerprint density at radius 1 is 1.55 bits per heavy atom. The van der Waals surface area contributed by atoms with Crippen LogP contribution in [0.25, 0.3) is 0 Å². The van der Waals surface area contributed by atoms with Crippen LogP contribution in [0.3, 0.4) is 0 Å². The first kappa shape index (κ1) is 7.83. The first-order chi connectivity index (χ1) is 5.33. The Kier molecular flexibility index (Phi) is 2.70. The third-order valence-electron chi connectivity index (χ3n) is 0.900. The first-order valence-corrected chi connectivity index (χ1v) is 3.24. The monoisotopic (exact) mass is 168 g/mol. The molecule has 1 heterocycles. The molecule has 0 aromatic carbocycles. The van der Waals surface area contributed by atoms with Crippen molar-refractivity contribution in [2.45, 2.75) is 0 Å². The van der Waals surface area contributed by atoms with E-state index in [2.05, 4.69) is 15.9 Å². The Bertz CT molecular complexity index is 265. The van der Waals surface area contributed by atoms with E-state index < -0.39 is 0 Å². The van der Waals surface area contributed by atoms with Gasteiger partial charge in [-0.3, -0.25) is 0 Å². The predicted octanol–water partition coefficient (Wildman–Crippen LogP) is 1.14. The summed E-state index contributed by atoms with van der Waals surface area (Å²) >= 11 is 5.48. The second-order valence-corrected chi connectivity index (χ2v) is 2.06. The molecule has 0 unspecified atom stereocenters. The molecule has 0 aliphatic heterocycles. The Balaban J connectivity index is 2.60. The van der Waals surface area contributed by atoms with E-state index in [0.717, 1.165) is 0 Å². The summed E-state index contributed by atoms with van der Waals surface area (Å²) < 4.78 is 4.94. The van der Waals surface area contributed by atoms with Crippen LogP contribution in [0.15, 0.2) is 12.4 Å². The number of hydrogen-bond donors (Lipinski definition) is 0. The molecule has 4 heteroatoms. The SMILES string of the molecule is C#CCOc1cnc(Cl)cn1. The molecule has 3 nitrogen and oxygen atoms in total. The minimum atomic E-state index is 0.191. The lowest BCUT2D eigenvalue weighted by atomic mass is 10.7. The second kappa shape index (κ2) is 3.79. The van der Waals surface area contributed by atoms with E-state index in [1.54, 1.807) is 0 Å². The van der Waals surface area contributed by atoms with Crippen molar-refractivity contribution < 1.29 is 4.74 Å². The van der Waals surface area contributed by atoms with Gasteiger partial charge in [-0.25, -0.2) is 9.97 Å². The zero-order chi connectivity index (χ0) is 8.10. The zero-order valence-electron chi connectivity index (χ0n) is 5.62. The third-order valence-corrected chi connectivity index (χ3v) is 1.10. The minimum Gasteiger partial charge on any atom is -0.463 e. The molecule has 0 radical (unpaired) electrons. The number of halogens is 1. The summed E-state index contributed by atoms with van der Waals surface area (Å²) in [6.45, 7) is 0.191. The fraction of sp³-hybridized carbons (Fsp3) is 0.143. The molecule has 1 rings (SSSR count). The summed E-state index contributed by atoms with van der Waals surface area (Å²) in [6, 6.07) is 0. The van der Waals surface area contributed by atoms with Gasteiger partial charge in [-0.1, -0.05) is 17.5 Å². The number of aromatic nitrogens is 2. The molecule has 0 N–H and O–H groups in total. The largest absolute Gasteiger partial charge is 0.463 e. The van der Waals surface area contributed by atoms with Crippen molar-refractivity contribution in [3.8, 4) is 18.2 Å². The molecule has 0 spiro atoms. The van der Waals surface area contributed by atoms with E-state index in [4.69, 9.17) is 22.8 Å². The molecule has 1 aromatic rings. The van der Waals surface area contributed by atoms with E-state index in [1.807, 2.05) is 0 Å². The Morgan fingerprint density at radius 3 is 2.91 bits per heavy atom. The van der Waals surface area contributed by atoms with E-state index in [1.165, 1.54) is 12.4 Å². The van der Waals surface area contributed by atoms with Crippen molar-refractivity contribution in [2.75, 3.05) is 6.61 Å². The summed E-state index contributed by atoms with van der Waals surface area (Å²) in [4.78, 5) is 7.54. The van der Waals surface area contributed by atoms with Crippen LogP contribution >= 0.6 is 11.6 Å². The van der Waals surface area contributed by atoms with Crippen LogP contribution in [0.2, 0.25) is 5.15 Å². The normalized spacial score (nSPS) is 8.73. The van der Waals surface area contributed by atoms with Crippen molar-refractivity contribution >= 4 is 11.6 Å². The highest BCUT2D eigenvalue weighted by molar-refractivity contribution is 6.29. The number of nitrogens with zero attached hydrogens (tertiary/aromatic N) is 2. The molecule has 11 heavy (non-hydrogen) atoms. The number of rotatable bonds is 2. The summed E-state index contributed by atoms with van der Waals surface area (Å²) in [5.41, 5.74) is 0. The summed E-state index contributed by atoms with van der Waals surface area (Å²) in [7, 11) is 0. The van der Waals surface area contributed by atoms with Crippen molar-refractivity contribution in [1.82, 2.24) is 9.97 Å². The zero-order valence-corrected chi connectivity index (χ0v) is 6.38. The highest BCUT2D eigenvalue weighted by Crippen LogP contribution is 2.06. The van der Waals surface area contributed by atoms with E-state index in [9.17, 15) is 0 Å². The molecule has 1 aromatic heterocycles. The van der Waals surface area contributed by atoms with Gasteiger partial charge in [0.05, 0.1) is 12.4 Å². The molecule has 0 aliphatic carbocycles. The minimum absolute atomic E-state index is 0.191. The average Bonchev–Trinajstić information content (AvgIpc) is 2.04. The van der Waals surface area contributed by atoms with Gasteiger partial charge in [-0.15, -0.1) is 6.42 Å². The molecule has 0 saturated heterocycles. The first-order valence-electron chi connectivity index (χ1n) is 2.86. The van der Waals surface area contributed by atoms with Crippen LogP contribution in [-0.2, 0) is 0 Å². The van der Waals surface area contributed by atoms with Crippen LogP contribution in [-0.4, -0.2) is 16.6 Å². The Hall–Kier alpha value is -1.27. The van der Waals surface area contributed by atoms with Crippen LogP contribution < -0.4 is 4.74 Å². The maximum atomic E-state index is 5.48. The molecule has 0 bridgehead atoms. The molecule has 0 fully saturated rings. The lowest BCUT2D eigenvalue weighted by molar-refractivity contribution is 0.353. The molecule has 0 saturated carbocycles. The van der Waals surface area contributed by atoms with E-state index >= 15 is 0 Å². The maximum Gasteiger partial charge on any atom is 0.233 e. The number of ether oxygens (including phenoxy) is 1. The number of hydrogen-bond acceptors (Lipinski definition) is 3. The Morgan fingerprint density at radius 2 is 2.36 bits per heavy atom. The quantitative estimate of drug-likeness (QED) is 0.622. The van der Waals surface area contributed by atoms with Crippen molar-refractivity contribution in [3.05, 3.63) is 17.5 Å². The second-order valence-electron chi connectivity index (χ2n) is 1.67. The van der Waals surface area contributed by atoms with Crippen LogP contribution in [0.5, 0.6) is 5.88 Å². The van der Waals surface area contributed by atoms with Gasteiger partial charge in [-0.05, 0) is 0 Å². The van der Waals surface area contributed by atoms with E-state index in [0.29, 0.717) is 11.0 Å². The lowest BCUT2D eigenvalue weighted by Crippen LogP contribution is -1.95. The van der Waals surface area contributed by atoms with E-state index in [-0.39, 0.29) is 6.61 Å². The van der Waals surface area contributed by atoms with Crippen molar-refractivity contribution in [3.63, 3.8) is 0 Å². The topological polar surface area (TPSA) is 35.0 Å². The summed E-state index contributed by atoms with van der Waals surface area (Å²) in [5.74, 6) is 2.69. The van der Waals surface area contributed by atoms with Crippen LogP contribution in [0.1, 0.15) is 0 Å². The molecule has 0 atom stereocenters. The van der Waals surface area contributed by atoms with Gasteiger partial charge in [0.2, 0.25) is 5.88 Å². The van der Waals surface area contributed by atoms with Gasteiger partial charge in [0.15, 0.2) is 6.61 Å². The standard InChI is InChI=1S/C7H5ClN2O/c1-2-3-11-7-5-9-6(8)4-10-7/h1,4-5H,3H2. The smallest absolute Gasteiger partial charge is 0.233 e. The van der Waals surface area contributed by atoms with Crippen molar-refractivity contribution in [1.29, 1.82) is 0 Å². The van der Waals surface area contributed by atoms with Gasteiger partial charge in [-0.2, -0.15) is 0 Å². The fourth-order valence-corrected chi connectivity index (χ4v) is 0.588. The predicted molar refractivity (Wildman–Crippen MR) is 41.4 cm³/mol. The maximum absolute atomic E-state index is 5.48. The highest BCUT2D eigenvalue weighted by atomic mass is 35.5. The molecular formula is C7H5ClN2O. The molecule has 0 aliphatic rings. The lowest BCUT2D eigenvalue weighted by Gasteiger charge is -1.97. The third kappa shape index (κ3) is 2.44. The summed E-state index contributed by atoms with van der Waals surface area (Å²) in [6.07, 6.45) is 7.77. The highest BCUT2D eigenvalue weighted by Gasteiger charge is 1.93. The Labute approximate surface area is 69.4 Å².